The maximum atomic E-state index is 5.54. The number of halogens is 2. The van der Waals surface area contributed by atoms with Crippen molar-refractivity contribution < 1.29 is 4.74 Å². The summed E-state index contributed by atoms with van der Waals surface area (Å²) in [6.07, 6.45) is 3.37. The van der Waals surface area contributed by atoms with E-state index in [1.807, 2.05) is 19.1 Å². The third kappa shape index (κ3) is 5.60. The van der Waals surface area contributed by atoms with Crippen molar-refractivity contribution in [3.8, 4) is 5.75 Å². The molecule has 0 saturated carbocycles. The van der Waals surface area contributed by atoms with E-state index in [2.05, 4.69) is 54.3 Å². The standard InChI is InChI=1S/C13H15Br2N3OS/c1-3-5-19-12-10(14)6-9(7-11(12)15)8-17-18-13(20)16-4-2/h3,6-8H,1,4-5H2,2H3,(H2,16,18,20). The van der Waals surface area contributed by atoms with E-state index >= 15 is 0 Å². The van der Waals surface area contributed by atoms with Gasteiger partial charge in [0, 0.05) is 6.54 Å². The molecule has 4 nitrogen and oxygen atoms in total. The third-order valence-corrected chi connectivity index (χ3v) is 3.50. The fourth-order valence-electron chi connectivity index (χ4n) is 1.30. The van der Waals surface area contributed by atoms with Crippen LogP contribution < -0.4 is 15.5 Å². The molecule has 0 bridgehead atoms. The van der Waals surface area contributed by atoms with Gasteiger partial charge in [-0.25, -0.2) is 0 Å². The highest BCUT2D eigenvalue weighted by molar-refractivity contribution is 9.11. The van der Waals surface area contributed by atoms with Crippen molar-refractivity contribution >= 4 is 55.4 Å². The molecule has 0 amide bonds. The molecule has 0 fully saturated rings. The van der Waals surface area contributed by atoms with Crippen molar-refractivity contribution in [1.82, 2.24) is 10.7 Å². The van der Waals surface area contributed by atoms with Crippen molar-refractivity contribution in [2.75, 3.05) is 13.2 Å². The summed E-state index contributed by atoms with van der Waals surface area (Å²) in [6.45, 7) is 6.79. The van der Waals surface area contributed by atoms with Gasteiger partial charge < -0.3 is 10.1 Å². The van der Waals surface area contributed by atoms with Crippen molar-refractivity contribution in [2.45, 2.75) is 6.92 Å². The summed E-state index contributed by atoms with van der Waals surface area (Å²) in [5.74, 6) is 0.734. The summed E-state index contributed by atoms with van der Waals surface area (Å²) in [5, 5.41) is 7.50. The number of hydrazone groups is 1. The quantitative estimate of drug-likeness (QED) is 0.319. The molecular weight excluding hydrogens is 406 g/mol. The Hall–Kier alpha value is -0.920. The van der Waals surface area contributed by atoms with Gasteiger partial charge in [0.1, 0.15) is 12.4 Å². The summed E-state index contributed by atoms with van der Waals surface area (Å²) >= 11 is 11.9. The van der Waals surface area contributed by atoms with E-state index in [0.29, 0.717) is 11.7 Å². The van der Waals surface area contributed by atoms with E-state index in [0.717, 1.165) is 26.8 Å². The zero-order valence-electron chi connectivity index (χ0n) is 11.0. The van der Waals surface area contributed by atoms with E-state index < -0.39 is 0 Å². The van der Waals surface area contributed by atoms with Crippen molar-refractivity contribution in [3.05, 3.63) is 39.3 Å². The van der Waals surface area contributed by atoms with Crippen LogP contribution in [0.5, 0.6) is 5.75 Å². The lowest BCUT2D eigenvalue weighted by atomic mass is 10.2. The number of hydrogen-bond acceptors (Lipinski definition) is 3. The molecule has 0 spiro atoms. The zero-order valence-corrected chi connectivity index (χ0v) is 14.9. The van der Waals surface area contributed by atoms with Crippen LogP contribution in [-0.2, 0) is 0 Å². The molecule has 0 aliphatic rings. The minimum atomic E-state index is 0.448. The largest absolute Gasteiger partial charge is 0.487 e. The van der Waals surface area contributed by atoms with Crippen LogP contribution >= 0.6 is 44.1 Å². The topological polar surface area (TPSA) is 45.6 Å². The van der Waals surface area contributed by atoms with Crippen molar-refractivity contribution in [2.24, 2.45) is 5.10 Å². The minimum absolute atomic E-state index is 0.448. The van der Waals surface area contributed by atoms with E-state index in [1.54, 1.807) is 12.3 Å². The Balaban J connectivity index is 2.75. The second-order valence-electron chi connectivity index (χ2n) is 3.64. The molecule has 1 aromatic rings. The lowest BCUT2D eigenvalue weighted by Crippen LogP contribution is -2.31. The first-order valence-electron chi connectivity index (χ1n) is 5.88. The van der Waals surface area contributed by atoms with Crippen LogP contribution in [0.15, 0.2) is 38.8 Å². The molecule has 108 valence electrons. The Morgan fingerprint density at radius 2 is 2.10 bits per heavy atom. The van der Waals surface area contributed by atoms with Gasteiger partial charge in [-0.3, -0.25) is 5.43 Å². The van der Waals surface area contributed by atoms with Crippen molar-refractivity contribution in [1.29, 1.82) is 0 Å². The van der Waals surface area contributed by atoms with Crippen LogP contribution in [0, 0.1) is 0 Å². The fourth-order valence-corrected chi connectivity index (χ4v) is 2.95. The smallest absolute Gasteiger partial charge is 0.186 e. The summed E-state index contributed by atoms with van der Waals surface area (Å²) in [5.41, 5.74) is 3.64. The maximum absolute atomic E-state index is 5.54. The molecule has 7 heteroatoms. The average molecular weight is 421 g/mol. The minimum Gasteiger partial charge on any atom is -0.487 e. The van der Waals surface area contributed by atoms with Gasteiger partial charge in [0.15, 0.2) is 5.11 Å². The molecule has 0 unspecified atom stereocenters. The van der Waals surface area contributed by atoms with Gasteiger partial charge in [-0.2, -0.15) is 5.10 Å². The highest BCUT2D eigenvalue weighted by atomic mass is 79.9. The molecule has 0 radical (unpaired) electrons. The molecule has 1 rings (SSSR count). The molecule has 1 aromatic carbocycles. The maximum Gasteiger partial charge on any atom is 0.186 e. The Morgan fingerprint density at radius 1 is 1.45 bits per heavy atom. The van der Waals surface area contributed by atoms with E-state index in [1.165, 1.54) is 0 Å². The van der Waals surface area contributed by atoms with Gasteiger partial charge in [-0.15, -0.1) is 0 Å². The number of benzene rings is 1. The van der Waals surface area contributed by atoms with Gasteiger partial charge in [0.05, 0.1) is 15.2 Å². The molecule has 0 aliphatic carbocycles. The summed E-state index contributed by atoms with van der Waals surface area (Å²) in [6, 6.07) is 3.81. The number of nitrogens with one attached hydrogen (secondary N) is 2. The first kappa shape index (κ1) is 17.1. The monoisotopic (exact) mass is 419 g/mol. The van der Waals surface area contributed by atoms with Gasteiger partial charge >= 0.3 is 0 Å². The molecule has 0 heterocycles. The van der Waals surface area contributed by atoms with E-state index in [9.17, 15) is 0 Å². The first-order valence-corrected chi connectivity index (χ1v) is 7.87. The SMILES string of the molecule is C=CCOc1c(Br)cc(C=NNC(=S)NCC)cc1Br. The van der Waals surface area contributed by atoms with Crippen LogP contribution in [0.2, 0.25) is 0 Å². The summed E-state index contributed by atoms with van der Waals surface area (Å²) in [4.78, 5) is 0. The highest BCUT2D eigenvalue weighted by Gasteiger charge is 2.07. The third-order valence-electron chi connectivity index (χ3n) is 2.08. The predicted molar refractivity (Wildman–Crippen MR) is 94.5 cm³/mol. The number of hydrogen-bond donors (Lipinski definition) is 2. The van der Waals surface area contributed by atoms with Crippen LogP contribution in [0.3, 0.4) is 0 Å². The zero-order chi connectivity index (χ0) is 15.0. The van der Waals surface area contributed by atoms with Crippen LogP contribution in [-0.4, -0.2) is 24.5 Å². The summed E-state index contributed by atoms with van der Waals surface area (Å²) < 4.78 is 7.22. The molecule has 0 atom stereocenters. The lowest BCUT2D eigenvalue weighted by Gasteiger charge is -2.09. The Labute approximate surface area is 140 Å². The molecule has 0 aliphatic heterocycles. The average Bonchev–Trinajstić information content (AvgIpc) is 2.38. The van der Waals surface area contributed by atoms with Gasteiger partial charge in [-0.1, -0.05) is 12.7 Å². The van der Waals surface area contributed by atoms with Gasteiger partial charge in [-0.05, 0) is 68.7 Å². The van der Waals surface area contributed by atoms with Crippen LogP contribution in [0.25, 0.3) is 0 Å². The van der Waals surface area contributed by atoms with Crippen LogP contribution in [0.4, 0.5) is 0 Å². The number of ether oxygens (including phenoxy) is 1. The van der Waals surface area contributed by atoms with Gasteiger partial charge in [0.25, 0.3) is 0 Å². The molecule has 0 aromatic heterocycles. The van der Waals surface area contributed by atoms with Gasteiger partial charge in [0.2, 0.25) is 0 Å². The molecule has 0 saturated heterocycles. The highest BCUT2D eigenvalue weighted by Crippen LogP contribution is 2.34. The Bertz CT molecular complexity index is 497. The van der Waals surface area contributed by atoms with E-state index in [4.69, 9.17) is 17.0 Å². The van der Waals surface area contributed by atoms with E-state index in [-0.39, 0.29) is 0 Å². The predicted octanol–water partition coefficient (Wildman–Crippen LogP) is 3.59. The normalized spacial score (nSPS) is 10.3. The fraction of sp³-hybridized carbons (Fsp3) is 0.231. The summed E-state index contributed by atoms with van der Waals surface area (Å²) in [7, 11) is 0. The Kier molecular flexibility index (Phi) is 7.79. The Morgan fingerprint density at radius 3 is 2.65 bits per heavy atom. The second kappa shape index (κ2) is 9.10. The number of nitrogens with zero attached hydrogens (tertiary/aromatic N) is 1. The number of rotatable bonds is 6. The van der Waals surface area contributed by atoms with Crippen LogP contribution in [0.1, 0.15) is 12.5 Å². The first-order chi connectivity index (χ1) is 9.58. The molecular formula is C13H15Br2N3OS. The number of thiocarbonyl (C=S) groups is 1. The lowest BCUT2D eigenvalue weighted by molar-refractivity contribution is 0.358. The molecule has 20 heavy (non-hydrogen) atoms. The van der Waals surface area contributed by atoms with Crippen molar-refractivity contribution in [3.63, 3.8) is 0 Å². The second-order valence-corrected chi connectivity index (χ2v) is 5.76. The molecule has 2 N–H and O–H groups in total.